The predicted octanol–water partition coefficient (Wildman–Crippen LogP) is 2.33. The Hall–Kier alpha value is -3.12. The van der Waals surface area contributed by atoms with Crippen LogP contribution in [0.15, 0.2) is 47.2 Å². The first-order valence-electron chi connectivity index (χ1n) is 11.8. The van der Waals surface area contributed by atoms with Crippen molar-refractivity contribution in [1.29, 1.82) is 0 Å². The number of ether oxygens (including phenoxy) is 1. The first-order chi connectivity index (χ1) is 16.7. The Morgan fingerprint density at radius 1 is 1.15 bits per heavy atom. The highest BCUT2D eigenvalue weighted by atomic mass is 16.5. The zero-order valence-electron chi connectivity index (χ0n) is 19.6. The van der Waals surface area contributed by atoms with E-state index >= 15 is 0 Å². The molecule has 0 atom stereocenters. The largest absolute Gasteiger partial charge is 0.490 e. The fourth-order valence-corrected chi connectivity index (χ4v) is 4.11. The second-order valence-corrected chi connectivity index (χ2v) is 8.63. The van der Waals surface area contributed by atoms with E-state index in [2.05, 4.69) is 38.4 Å². The summed E-state index contributed by atoms with van der Waals surface area (Å²) in [6.07, 6.45) is 6.63. The Bertz CT molecular complexity index is 1080. The molecule has 1 aromatic carbocycles. The van der Waals surface area contributed by atoms with Gasteiger partial charge in [-0.05, 0) is 43.0 Å². The van der Waals surface area contributed by atoms with Crippen LogP contribution in [0.3, 0.4) is 0 Å². The summed E-state index contributed by atoms with van der Waals surface area (Å²) < 4.78 is 13.6. The summed E-state index contributed by atoms with van der Waals surface area (Å²) >= 11 is 0. The molecule has 0 spiro atoms. The van der Waals surface area contributed by atoms with Crippen molar-refractivity contribution in [3.8, 4) is 17.6 Å². The summed E-state index contributed by atoms with van der Waals surface area (Å²) in [5.74, 6) is 8.46. The van der Waals surface area contributed by atoms with Crippen LogP contribution in [0.1, 0.15) is 42.6 Å². The van der Waals surface area contributed by atoms with Crippen LogP contribution < -0.4 is 4.74 Å². The van der Waals surface area contributed by atoms with Crippen LogP contribution in [0.2, 0.25) is 0 Å². The minimum atomic E-state index is -0.0692. The third-order valence-corrected chi connectivity index (χ3v) is 6.06. The number of nitrogens with zero attached hydrogens (tertiary/aromatic N) is 4. The first kappa shape index (κ1) is 24.0. The van der Waals surface area contributed by atoms with Gasteiger partial charge in [0, 0.05) is 69.2 Å². The van der Waals surface area contributed by atoms with Gasteiger partial charge in [0.25, 0.3) is 0 Å². The third kappa shape index (κ3) is 6.48. The maximum Gasteiger partial charge on any atom is 0.210 e. The van der Waals surface area contributed by atoms with Gasteiger partial charge in [-0.3, -0.25) is 0 Å². The van der Waals surface area contributed by atoms with Gasteiger partial charge in [0.15, 0.2) is 0 Å². The molecule has 8 heteroatoms. The molecule has 3 aromatic rings. The van der Waals surface area contributed by atoms with Crippen LogP contribution in [0.5, 0.6) is 5.75 Å². The smallest absolute Gasteiger partial charge is 0.210 e. The lowest BCUT2D eigenvalue weighted by molar-refractivity contribution is 0.0652. The van der Waals surface area contributed by atoms with Crippen LogP contribution in [0, 0.1) is 17.8 Å². The van der Waals surface area contributed by atoms with E-state index in [0.29, 0.717) is 12.3 Å². The minimum Gasteiger partial charge on any atom is -0.490 e. The quantitative estimate of drug-likeness (QED) is 0.469. The van der Waals surface area contributed by atoms with Gasteiger partial charge in [-0.2, -0.15) is 0 Å². The van der Waals surface area contributed by atoms with Gasteiger partial charge in [-0.25, -0.2) is 4.98 Å². The lowest BCUT2D eigenvalue weighted by Gasteiger charge is -2.33. The molecule has 34 heavy (non-hydrogen) atoms. The molecule has 180 valence electrons. The molecule has 0 amide bonds. The van der Waals surface area contributed by atoms with Crippen molar-refractivity contribution < 1.29 is 19.5 Å². The van der Waals surface area contributed by atoms with Crippen molar-refractivity contribution in [1.82, 2.24) is 19.6 Å². The van der Waals surface area contributed by atoms with Crippen LogP contribution >= 0.6 is 0 Å². The van der Waals surface area contributed by atoms with Crippen molar-refractivity contribution in [2.75, 3.05) is 32.8 Å². The summed E-state index contributed by atoms with van der Waals surface area (Å²) in [6, 6.07) is 9.64. The lowest BCUT2D eigenvalue weighted by Crippen LogP contribution is -2.41. The normalized spacial score (nSPS) is 14.8. The van der Waals surface area contributed by atoms with Crippen LogP contribution in [-0.4, -0.2) is 68.8 Å². The minimum absolute atomic E-state index is 0.0189. The highest BCUT2D eigenvalue weighted by Gasteiger charge is 2.22. The molecule has 2 N–H and O–H groups in total. The zero-order chi connectivity index (χ0) is 23.8. The molecule has 2 aromatic heterocycles. The van der Waals surface area contributed by atoms with Crippen molar-refractivity contribution in [2.24, 2.45) is 5.92 Å². The average Bonchev–Trinajstić information content (AvgIpc) is 3.52. The molecular formula is C26H32N4O4. The van der Waals surface area contributed by atoms with E-state index in [0.717, 1.165) is 61.7 Å². The van der Waals surface area contributed by atoms with E-state index in [1.807, 2.05) is 36.5 Å². The number of aryl methyl sites for hydroxylation is 1. The number of aliphatic hydroxyl groups excluding tert-OH is 2. The fourth-order valence-electron chi connectivity index (χ4n) is 4.11. The number of rotatable bonds is 9. The second-order valence-electron chi connectivity index (χ2n) is 8.63. The molecule has 0 aliphatic carbocycles. The molecule has 1 fully saturated rings. The molecule has 0 radical (unpaired) electrons. The van der Waals surface area contributed by atoms with Crippen LogP contribution in [0.4, 0.5) is 0 Å². The van der Waals surface area contributed by atoms with Gasteiger partial charge in [0.2, 0.25) is 5.76 Å². The van der Waals surface area contributed by atoms with Gasteiger partial charge >= 0.3 is 0 Å². The molecule has 4 rings (SSSR count). The van der Waals surface area contributed by atoms with E-state index in [4.69, 9.17) is 9.26 Å². The second kappa shape index (κ2) is 11.8. The number of aliphatic hydroxyl groups is 2. The van der Waals surface area contributed by atoms with Gasteiger partial charge in [0.1, 0.15) is 23.4 Å². The maximum absolute atomic E-state index is 9.26. The van der Waals surface area contributed by atoms with E-state index < -0.39 is 0 Å². The lowest BCUT2D eigenvalue weighted by atomic mass is 10.1. The average molecular weight is 465 g/mol. The summed E-state index contributed by atoms with van der Waals surface area (Å²) in [4.78, 5) is 6.61. The molecule has 1 aliphatic heterocycles. The van der Waals surface area contributed by atoms with Crippen molar-refractivity contribution >= 4 is 0 Å². The summed E-state index contributed by atoms with van der Waals surface area (Å²) in [7, 11) is 0. The standard InChI is InChI=1S/C26H32N4O4/c1-2-26-27-11-14-30(26)17-22-15-25(34-28-22)8-5-20-3-6-23(7-4-20)33-24-9-12-29(13-10-24)16-21(18-31)19-32/h3-4,6-7,11,14-15,21,24,31-32H,2,9-10,12-13,16-19H2,1H3. The summed E-state index contributed by atoms with van der Waals surface area (Å²) in [6.45, 7) is 5.27. The fraction of sp³-hybridized carbons (Fsp3) is 0.462. The highest BCUT2D eigenvalue weighted by molar-refractivity contribution is 5.41. The molecule has 0 saturated carbocycles. The van der Waals surface area contributed by atoms with Crippen molar-refractivity contribution in [3.05, 3.63) is 65.6 Å². The molecule has 8 nitrogen and oxygen atoms in total. The first-order valence-corrected chi connectivity index (χ1v) is 11.8. The Kier molecular flexibility index (Phi) is 8.36. The summed E-state index contributed by atoms with van der Waals surface area (Å²) in [5.41, 5.74) is 1.69. The number of benzene rings is 1. The van der Waals surface area contributed by atoms with Gasteiger partial charge in [0.05, 0.1) is 6.54 Å². The number of likely N-dealkylation sites (tertiary alicyclic amines) is 1. The Labute approximate surface area is 200 Å². The molecular weight excluding hydrogens is 432 g/mol. The van der Waals surface area contributed by atoms with E-state index in [1.165, 1.54) is 0 Å². The SMILES string of the molecule is CCc1nccn1Cc1cc(C#Cc2ccc(OC3CCN(CC(CO)CO)CC3)cc2)on1. The van der Waals surface area contributed by atoms with E-state index in [-0.39, 0.29) is 25.2 Å². The number of imidazole rings is 1. The summed E-state index contributed by atoms with van der Waals surface area (Å²) in [5, 5.41) is 22.6. The van der Waals surface area contributed by atoms with Crippen LogP contribution in [0.25, 0.3) is 0 Å². The topological polar surface area (TPSA) is 96.8 Å². The molecule has 0 bridgehead atoms. The van der Waals surface area contributed by atoms with Crippen molar-refractivity contribution in [2.45, 2.75) is 38.8 Å². The molecule has 1 aliphatic rings. The van der Waals surface area contributed by atoms with Crippen LogP contribution in [-0.2, 0) is 13.0 Å². The number of hydrogen-bond donors (Lipinski definition) is 2. The zero-order valence-corrected chi connectivity index (χ0v) is 19.6. The maximum atomic E-state index is 9.26. The number of piperidine rings is 1. The Morgan fingerprint density at radius 2 is 1.91 bits per heavy atom. The van der Waals surface area contributed by atoms with Gasteiger partial charge < -0.3 is 28.9 Å². The Balaban J connectivity index is 1.26. The molecule has 0 unspecified atom stereocenters. The number of hydrogen-bond acceptors (Lipinski definition) is 7. The van der Waals surface area contributed by atoms with Gasteiger partial charge in [-0.15, -0.1) is 0 Å². The predicted molar refractivity (Wildman–Crippen MR) is 127 cm³/mol. The van der Waals surface area contributed by atoms with E-state index in [1.54, 1.807) is 6.20 Å². The third-order valence-electron chi connectivity index (χ3n) is 6.06. The monoisotopic (exact) mass is 464 g/mol. The van der Waals surface area contributed by atoms with E-state index in [9.17, 15) is 10.2 Å². The molecule has 1 saturated heterocycles. The van der Waals surface area contributed by atoms with Gasteiger partial charge in [-0.1, -0.05) is 18.0 Å². The van der Waals surface area contributed by atoms with Crippen molar-refractivity contribution in [3.63, 3.8) is 0 Å². The number of aromatic nitrogens is 3. The molecule has 3 heterocycles. The highest BCUT2D eigenvalue weighted by Crippen LogP contribution is 2.20. The Morgan fingerprint density at radius 3 is 2.62 bits per heavy atom.